The molecule has 4 nitrogen and oxygen atoms in total. The first-order valence-corrected chi connectivity index (χ1v) is 17.8. The lowest BCUT2D eigenvalue weighted by molar-refractivity contribution is -0.151. The molecule has 2 aliphatic rings. The van der Waals surface area contributed by atoms with Gasteiger partial charge < -0.3 is 14.8 Å². The van der Waals surface area contributed by atoms with E-state index >= 15 is 0 Å². The van der Waals surface area contributed by atoms with Crippen LogP contribution in [0.25, 0.3) is 10.8 Å². The Bertz CT molecular complexity index is 1960. The molecule has 0 aromatic heterocycles. The van der Waals surface area contributed by atoms with Crippen LogP contribution in [-0.4, -0.2) is 25.8 Å². The lowest BCUT2D eigenvalue weighted by Gasteiger charge is -2.40. The van der Waals surface area contributed by atoms with Crippen LogP contribution in [0.1, 0.15) is 52.3 Å². The van der Waals surface area contributed by atoms with Gasteiger partial charge in [-0.15, -0.1) is 11.8 Å². The lowest BCUT2D eigenvalue weighted by Crippen LogP contribution is -2.58. The smallest absolute Gasteiger partial charge is 0.409 e. The molecular formula is C41H43BN2O2S. The van der Waals surface area contributed by atoms with Gasteiger partial charge in [0, 0.05) is 28.2 Å². The number of ether oxygens (including phenoxy) is 1. The van der Waals surface area contributed by atoms with E-state index in [1.807, 2.05) is 11.8 Å². The van der Waals surface area contributed by atoms with Gasteiger partial charge in [0.1, 0.15) is 0 Å². The quantitative estimate of drug-likeness (QED) is 0.0758. The standard InChI is InChI=1S/C41H43BN2O2S/c1-27-22-31-16-12-20-36-38(31)37(23-27)44(26-30-14-8-6-9-15-30)42(43-36)39-29(3)35-25-41(4,40(45)46-5)24-34(35)28(2)33(39)19-13-21-47-32-17-10-7-11-18-32/h6-12,14-18,20,22-23,43H,13,19,21,24-26H2,1-5H3. The molecule has 47 heavy (non-hydrogen) atoms. The number of rotatable bonds is 9. The van der Waals surface area contributed by atoms with Crippen molar-refractivity contribution in [1.29, 1.82) is 0 Å². The number of methoxy groups -OCH3 is 1. The zero-order valence-corrected chi connectivity index (χ0v) is 29.0. The lowest BCUT2D eigenvalue weighted by atomic mass is 9.58. The van der Waals surface area contributed by atoms with Crippen molar-refractivity contribution in [3.63, 3.8) is 0 Å². The van der Waals surface area contributed by atoms with Gasteiger partial charge in [-0.25, -0.2) is 0 Å². The van der Waals surface area contributed by atoms with Crippen molar-refractivity contribution in [2.45, 2.75) is 64.8 Å². The number of esters is 1. The van der Waals surface area contributed by atoms with Crippen molar-refractivity contribution in [3.05, 3.63) is 130 Å². The molecule has 5 aromatic rings. The topological polar surface area (TPSA) is 41.6 Å². The minimum atomic E-state index is -0.551. The molecule has 7 rings (SSSR count). The van der Waals surface area contributed by atoms with Crippen LogP contribution in [0.4, 0.5) is 11.4 Å². The number of thioether (sulfide) groups is 1. The Morgan fingerprint density at radius 1 is 0.915 bits per heavy atom. The maximum atomic E-state index is 13.1. The van der Waals surface area contributed by atoms with Crippen LogP contribution in [0.15, 0.2) is 95.9 Å². The molecule has 0 fully saturated rings. The number of hydrogen-bond donors (Lipinski definition) is 1. The molecule has 1 unspecified atom stereocenters. The largest absolute Gasteiger partial charge is 0.469 e. The summed E-state index contributed by atoms with van der Waals surface area (Å²) in [5, 5.41) is 6.60. The second-order valence-electron chi connectivity index (χ2n) is 13.6. The van der Waals surface area contributed by atoms with Crippen LogP contribution in [0, 0.1) is 26.2 Å². The van der Waals surface area contributed by atoms with Crippen LogP contribution >= 0.6 is 11.8 Å². The first-order valence-electron chi connectivity index (χ1n) is 16.8. The Morgan fingerprint density at radius 3 is 2.34 bits per heavy atom. The van der Waals surface area contributed by atoms with Crippen molar-refractivity contribution in [1.82, 2.24) is 0 Å². The summed E-state index contributed by atoms with van der Waals surface area (Å²) in [7, 11) is 1.52. The number of anilines is 2. The molecule has 238 valence electrons. The predicted molar refractivity (Wildman–Crippen MR) is 199 cm³/mol. The minimum Gasteiger partial charge on any atom is -0.469 e. The van der Waals surface area contributed by atoms with E-state index < -0.39 is 5.41 Å². The van der Waals surface area contributed by atoms with Gasteiger partial charge in [0.05, 0.1) is 12.5 Å². The average Bonchev–Trinajstić information content (AvgIpc) is 3.46. The Kier molecular flexibility index (Phi) is 8.56. The van der Waals surface area contributed by atoms with Crippen molar-refractivity contribution in [2.75, 3.05) is 22.9 Å². The number of hydrogen-bond acceptors (Lipinski definition) is 5. The van der Waals surface area contributed by atoms with Gasteiger partial charge in [0.25, 0.3) is 0 Å². The number of aryl methyl sites for hydroxylation is 1. The number of nitrogens with one attached hydrogen (secondary N) is 1. The molecule has 0 bridgehead atoms. The first-order chi connectivity index (χ1) is 22.8. The van der Waals surface area contributed by atoms with Gasteiger partial charge >= 0.3 is 13.0 Å². The van der Waals surface area contributed by atoms with Crippen LogP contribution in [0.5, 0.6) is 0 Å². The van der Waals surface area contributed by atoms with E-state index in [2.05, 4.69) is 129 Å². The van der Waals surface area contributed by atoms with E-state index in [9.17, 15) is 4.79 Å². The Hall–Kier alpha value is -4.16. The highest BCUT2D eigenvalue weighted by Crippen LogP contribution is 2.44. The summed E-state index contributed by atoms with van der Waals surface area (Å²) < 4.78 is 5.35. The van der Waals surface area contributed by atoms with E-state index in [1.54, 1.807) is 0 Å². The molecule has 0 radical (unpaired) electrons. The zero-order chi connectivity index (χ0) is 32.7. The minimum absolute atomic E-state index is 0.0686. The summed E-state index contributed by atoms with van der Waals surface area (Å²) in [6.45, 7) is 9.59. The highest BCUT2D eigenvalue weighted by Gasteiger charge is 2.45. The van der Waals surface area contributed by atoms with E-state index in [0.29, 0.717) is 6.42 Å². The van der Waals surface area contributed by atoms with Crippen molar-refractivity contribution < 1.29 is 9.53 Å². The number of nitrogens with zero attached hydrogens (tertiary/aromatic N) is 1. The van der Waals surface area contributed by atoms with Gasteiger partial charge in [0.2, 0.25) is 0 Å². The number of fused-ring (bicyclic) bond motifs is 1. The third kappa shape index (κ3) is 5.82. The summed E-state index contributed by atoms with van der Waals surface area (Å²) in [4.78, 5) is 17.0. The Labute approximate surface area is 284 Å². The number of carbonyl (C=O) groups is 1. The van der Waals surface area contributed by atoms with Crippen molar-refractivity contribution in [2.24, 2.45) is 5.41 Å². The van der Waals surface area contributed by atoms with E-state index in [0.717, 1.165) is 31.6 Å². The highest BCUT2D eigenvalue weighted by atomic mass is 32.2. The van der Waals surface area contributed by atoms with Gasteiger partial charge in [0.15, 0.2) is 0 Å². The third-order valence-corrected chi connectivity index (χ3v) is 11.4. The molecule has 1 N–H and O–H groups in total. The second kappa shape index (κ2) is 12.8. The Morgan fingerprint density at radius 2 is 1.62 bits per heavy atom. The van der Waals surface area contributed by atoms with Crippen molar-refractivity contribution in [3.8, 4) is 0 Å². The third-order valence-electron chi connectivity index (χ3n) is 10.3. The zero-order valence-electron chi connectivity index (χ0n) is 28.2. The molecule has 1 atom stereocenters. The average molecular weight is 639 g/mol. The fraction of sp³-hybridized carbons (Fsp3) is 0.293. The molecule has 0 saturated carbocycles. The van der Waals surface area contributed by atoms with E-state index in [4.69, 9.17) is 4.74 Å². The fourth-order valence-electron chi connectivity index (χ4n) is 8.03. The molecule has 0 spiro atoms. The van der Waals surface area contributed by atoms with E-state index in [1.165, 1.54) is 78.6 Å². The van der Waals surface area contributed by atoms with Crippen LogP contribution in [-0.2, 0) is 35.3 Å². The van der Waals surface area contributed by atoms with Gasteiger partial charge in [-0.2, -0.15) is 0 Å². The normalized spacial score (nSPS) is 16.7. The summed E-state index contributed by atoms with van der Waals surface area (Å²) in [6.07, 6.45) is 3.47. The SMILES string of the molecule is COC(=O)C1(C)Cc2c(C)c(CCCSc3ccccc3)c(B3Nc4cccc5cc(C)cc(c45)N3Cc3ccccc3)c(C)c2C1. The van der Waals surface area contributed by atoms with Crippen LogP contribution in [0.3, 0.4) is 0 Å². The maximum absolute atomic E-state index is 13.1. The predicted octanol–water partition coefficient (Wildman–Crippen LogP) is 8.60. The molecule has 0 saturated heterocycles. The first kappa shape index (κ1) is 31.4. The van der Waals surface area contributed by atoms with Crippen LogP contribution < -0.4 is 15.5 Å². The molecule has 0 amide bonds. The van der Waals surface area contributed by atoms with E-state index in [-0.39, 0.29) is 13.0 Å². The number of benzene rings is 5. The maximum Gasteiger partial charge on any atom is 0.409 e. The molecule has 1 aliphatic heterocycles. The molecule has 5 aromatic carbocycles. The van der Waals surface area contributed by atoms with Gasteiger partial charge in [-0.1, -0.05) is 66.7 Å². The van der Waals surface area contributed by atoms with Crippen molar-refractivity contribution >= 4 is 52.3 Å². The molecular weight excluding hydrogens is 595 g/mol. The summed E-state index contributed by atoms with van der Waals surface area (Å²) >= 11 is 1.93. The summed E-state index contributed by atoms with van der Waals surface area (Å²) in [5.74, 6) is 0.930. The van der Waals surface area contributed by atoms with Crippen LogP contribution in [0.2, 0.25) is 0 Å². The van der Waals surface area contributed by atoms with Gasteiger partial charge in [-0.3, -0.25) is 4.79 Å². The monoisotopic (exact) mass is 638 g/mol. The molecule has 1 heterocycles. The van der Waals surface area contributed by atoms with Gasteiger partial charge in [-0.05, 0) is 133 Å². The summed E-state index contributed by atoms with van der Waals surface area (Å²) in [6, 6.07) is 32.8. The number of carbonyl (C=O) groups excluding carboxylic acids is 1. The molecule has 1 aliphatic carbocycles. The Balaban J connectivity index is 1.37. The highest BCUT2D eigenvalue weighted by molar-refractivity contribution is 7.99. The summed E-state index contributed by atoms with van der Waals surface area (Å²) in [5.41, 5.74) is 12.5. The second-order valence-corrected chi connectivity index (χ2v) is 14.8. The molecule has 6 heteroatoms. The fourth-order valence-corrected chi connectivity index (χ4v) is 8.91.